The van der Waals surface area contributed by atoms with Crippen molar-refractivity contribution in [3.05, 3.63) is 24.0 Å². The van der Waals surface area contributed by atoms with Crippen molar-refractivity contribution in [2.24, 2.45) is 12.8 Å². The van der Waals surface area contributed by atoms with E-state index in [0.717, 1.165) is 0 Å². The molecule has 1 aromatic rings. The van der Waals surface area contributed by atoms with Gasteiger partial charge in [-0.05, 0) is 13.0 Å². The van der Waals surface area contributed by atoms with E-state index in [9.17, 15) is 4.79 Å². The van der Waals surface area contributed by atoms with E-state index < -0.39 is 11.5 Å². The molecule has 0 radical (unpaired) electrons. The molecule has 0 aliphatic heterocycles. The zero-order valence-electron chi connectivity index (χ0n) is 7.11. The van der Waals surface area contributed by atoms with Gasteiger partial charge in [0, 0.05) is 25.0 Å². The van der Waals surface area contributed by atoms with Crippen LogP contribution in [0.1, 0.15) is 12.5 Å². The van der Waals surface area contributed by atoms with E-state index >= 15 is 0 Å². The van der Waals surface area contributed by atoms with Crippen LogP contribution in [0.25, 0.3) is 0 Å². The molecule has 0 aromatic carbocycles. The number of aliphatic carboxylic acids is 1. The summed E-state index contributed by atoms with van der Waals surface area (Å²) >= 11 is 0. The number of rotatable bonds is 2. The van der Waals surface area contributed by atoms with Gasteiger partial charge in [0.1, 0.15) is 5.54 Å². The Morgan fingerprint density at radius 1 is 1.75 bits per heavy atom. The van der Waals surface area contributed by atoms with Crippen molar-refractivity contribution < 1.29 is 9.90 Å². The molecular formula is C8H12N2O2. The van der Waals surface area contributed by atoms with Gasteiger partial charge in [0.2, 0.25) is 0 Å². The zero-order chi connectivity index (χ0) is 9.35. The summed E-state index contributed by atoms with van der Waals surface area (Å²) in [6.45, 7) is 1.48. The van der Waals surface area contributed by atoms with E-state index in [1.165, 1.54) is 6.92 Å². The minimum atomic E-state index is -1.29. The van der Waals surface area contributed by atoms with Crippen LogP contribution in [-0.2, 0) is 17.4 Å². The summed E-state index contributed by atoms with van der Waals surface area (Å²) in [5, 5.41) is 8.77. The SMILES string of the molecule is Cn1ccc(C(C)(N)C(=O)O)c1. The van der Waals surface area contributed by atoms with Gasteiger partial charge >= 0.3 is 5.97 Å². The number of carbonyl (C=O) groups is 1. The summed E-state index contributed by atoms with van der Waals surface area (Å²) < 4.78 is 1.77. The topological polar surface area (TPSA) is 68.2 Å². The Morgan fingerprint density at radius 3 is 2.67 bits per heavy atom. The molecule has 12 heavy (non-hydrogen) atoms. The molecule has 0 aliphatic carbocycles. The third-order valence-corrected chi connectivity index (χ3v) is 1.88. The smallest absolute Gasteiger partial charge is 0.328 e. The first-order valence-electron chi connectivity index (χ1n) is 3.59. The zero-order valence-corrected chi connectivity index (χ0v) is 7.11. The summed E-state index contributed by atoms with van der Waals surface area (Å²) in [7, 11) is 1.82. The normalized spacial score (nSPS) is 15.6. The van der Waals surface area contributed by atoms with Crippen molar-refractivity contribution in [3.63, 3.8) is 0 Å². The predicted octanol–water partition coefficient (Wildman–Crippen LogP) is 0.284. The minimum Gasteiger partial charge on any atom is -0.480 e. The number of carboxylic acids is 1. The Morgan fingerprint density at radius 2 is 2.33 bits per heavy atom. The van der Waals surface area contributed by atoms with Gasteiger partial charge in [0.05, 0.1) is 0 Å². The molecule has 3 N–H and O–H groups in total. The van der Waals surface area contributed by atoms with Crippen LogP contribution in [0.3, 0.4) is 0 Å². The first kappa shape index (κ1) is 8.80. The molecule has 1 heterocycles. The van der Waals surface area contributed by atoms with Crippen molar-refractivity contribution >= 4 is 5.97 Å². The number of nitrogens with two attached hydrogens (primary N) is 1. The number of aromatic nitrogens is 1. The molecule has 1 atom stereocenters. The Balaban J connectivity index is 3.05. The van der Waals surface area contributed by atoms with Gasteiger partial charge in [-0.15, -0.1) is 0 Å². The second kappa shape index (κ2) is 2.64. The Bertz CT molecular complexity index is 302. The van der Waals surface area contributed by atoms with E-state index in [2.05, 4.69) is 0 Å². The highest BCUT2D eigenvalue weighted by Crippen LogP contribution is 2.17. The van der Waals surface area contributed by atoms with Crippen molar-refractivity contribution in [1.82, 2.24) is 4.57 Å². The minimum absolute atomic E-state index is 0.609. The van der Waals surface area contributed by atoms with Gasteiger partial charge in [-0.25, -0.2) is 4.79 Å². The van der Waals surface area contributed by atoms with Crippen LogP contribution in [0.4, 0.5) is 0 Å². The molecule has 4 nitrogen and oxygen atoms in total. The van der Waals surface area contributed by atoms with Gasteiger partial charge in [-0.3, -0.25) is 0 Å². The standard InChI is InChI=1S/C8H12N2O2/c1-8(9,7(11)12)6-3-4-10(2)5-6/h3-5H,9H2,1-2H3,(H,11,12). The van der Waals surface area contributed by atoms with E-state index in [4.69, 9.17) is 10.8 Å². The molecule has 0 saturated heterocycles. The fourth-order valence-electron chi connectivity index (χ4n) is 0.934. The van der Waals surface area contributed by atoms with Crippen LogP contribution >= 0.6 is 0 Å². The third kappa shape index (κ3) is 1.33. The number of aryl methyl sites for hydroxylation is 1. The Hall–Kier alpha value is -1.29. The second-order valence-electron chi connectivity index (χ2n) is 3.07. The Labute approximate surface area is 70.6 Å². The molecule has 4 heteroatoms. The van der Waals surface area contributed by atoms with Crippen molar-refractivity contribution in [2.75, 3.05) is 0 Å². The molecule has 1 rings (SSSR count). The van der Waals surface area contributed by atoms with Crippen molar-refractivity contribution in [1.29, 1.82) is 0 Å². The first-order valence-corrected chi connectivity index (χ1v) is 3.59. The molecule has 1 aromatic heterocycles. The van der Waals surface area contributed by atoms with Gasteiger partial charge in [-0.1, -0.05) is 0 Å². The lowest BCUT2D eigenvalue weighted by Gasteiger charge is -2.17. The maximum absolute atomic E-state index is 10.7. The summed E-state index contributed by atoms with van der Waals surface area (Å²) in [5.41, 5.74) is 4.90. The highest BCUT2D eigenvalue weighted by atomic mass is 16.4. The molecule has 0 aliphatic rings. The number of hydrogen-bond donors (Lipinski definition) is 2. The summed E-state index contributed by atoms with van der Waals surface area (Å²) in [4.78, 5) is 10.7. The van der Waals surface area contributed by atoms with Crippen molar-refractivity contribution in [2.45, 2.75) is 12.5 Å². The lowest BCUT2D eigenvalue weighted by molar-refractivity contribution is -0.143. The first-order chi connectivity index (χ1) is 5.44. The second-order valence-corrected chi connectivity index (χ2v) is 3.07. The number of carboxylic acid groups (broad SMARTS) is 1. The van der Waals surface area contributed by atoms with Crippen LogP contribution in [0.2, 0.25) is 0 Å². The van der Waals surface area contributed by atoms with Crippen molar-refractivity contribution in [3.8, 4) is 0 Å². The van der Waals surface area contributed by atoms with Crippen LogP contribution in [0.5, 0.6) is 0 Å². The lowest BCUT2D eigenvalue weighted by Crippen LogP contribution is -2.41. The summed E-state index contributed by atoms with van der Waals surface area (Å²) in [6, 6.07) is 1.70. The molecule has 0 fully saturated rings. The number of hydrogen-bond acceptors (Lipinski definition) is 2. The Kier molecular flexibility index (Phi) is 1.94. The summed E-state index contributed by atoms with van der Waals surface area (Å²) in [6.07, 6.45) is 3.47. The van der Waals surface area contributed by atoms with Gasteiger partial charge < -0.3 is 15.4 Å². The average molecular weight is 168 g/mol. The highest BCUT2D eigenvalue weighted by Gasteiger charge is 2.30. The third-order valence-electron chi connectivity index (χ3n) is 1.88. The van der Waals surface area contributed by atoms with E-state index in [-0.39, 0.29) is 0 Å². The number of nitrogens with zero attached hydrogens (tertiary/aromatic N) is 1. The molecule has 0 amide bonds. The van der Waals surface area contributed by atoms with Crippen LogP contribution in [0, 0.1) is 0 Å². The molecular weight excluding hydrogens is 156 g/mol. The maximum atomic E-state index is 10.7. The maximum Gasteiger partial charge on any atom is 0.328 e. The van der Waals surface area contributed by atoms with Crippen LogP contribution in [-0.4, -0.2) is 15.6 Å². The largest absolute Gasteiger partial charge is 0.480 e. The molecule has 0 spiro atoms. The van der Waals surface area contributed by atoms with Gasteiger partial charge in [-0.2, -0.15) is 0 Å². The van der Waals surface area contributed by atoms with Crippen LogP contribution < -0.4 is 5.73 Å². The van der Waals surface area contributed by atoms with E-state index in [0.29, 0.717) is 5.56 Å². The fourth-order valence-corrected chi connectivity index (χ4v) is 0.934. The van der Waals surface area contributed by atoms with Gasteiger partial charge in [0.15, 0.2) is 0 Å². The highest BCUT2D eigenvalue weighted by molar-refractivity contribution is 5.79. The predicted molar refractivity (Wildman–Crippen MR) is 44.6 cm³/mol. The molecule has 0 saturated carbocycles. The van der Waals surface area contributed by atoms with E-state index in [1.807, 2.05) is 7.05 Å². The monoisotopic (exact) mass is 168 g/mol. The lowest BCUT2D eigenvalue weighted by atomic mass is 9.97. The van der Waals surface area contributed by atoms with Crippen LogP contribution in [0.15, 0.2) is 18.5 Å². The van der Waals surface area contributed by atoms with Gasteiger partial charge in [0.25, 0.3) is 0 Å². The average Bonchev–Trinajstić information content (AvgIpc) is 2.35. The molecule has 1 unspecified atom stereocenters. The molecule has 66 valence electrons. The summed E-state index contributed by atoms with van der Waals surface area (Å²) in [5.74, 6) is -1.02. The fraction of sp³-hybridized carbons (Fsp3) is 0.375. The quantitative estimate of drug-likeness (QED) is 0.666. The molecule has 0 bridgehead atoms. The van der Waals surface area contributed by atoms with E-state index in [1.54, 1.807) is 23.0 Å².